The molecule has 1 heterocycles. The zero-order valence-electron chi connectivity index (χ0n) is 15.1. The van der Waals surface area contributed by atoms with Gasteiger partial charge in [0.25, 0.3) is 0 Å². The number of carbonyl (C=O) groups excluding carboxylic acids is 1. The number of hydrogen-bond donors (Lipinski definition) is 6. The van der Waals surface area contributed by atoms with E-state index in [1.165, 1.54) is 6.92 Å². The third kappa shape index (κ3) is 5.51. The van der Waals surface area contributed by atoms with E-state index in [0.29, 0.717) is 11.1 Å². The van der Waals surface area contributed by atoms with Crippen LogP contribution in [0.5, 0.6) is 0 Å². The van der Waals surface area contributed by atoms with Gasteiger partial charge in [-0.15, -0.1) is 0 Å². The fourth-order valence-corrected chi connectivity index (χ4v) is 2.78. The second kappa shape index (κ2) is 9.64. The van der Waals surface area contributed by atoms with Crippen LogP contribution in [-0.2, 0) is 20.7 Å². The van der Waals surface area contributed by atoms with Gasteiger partial charge in [0.2, 0.25) is 5.91 Å². The number of rotatable bonds is 5. The van der Waals surface area contributed by atoms with Crippen molar-refractivity contribution in [1.82, 2.24) is 5.32 Å². The molecule has 6 N–H and O–H groups in total. The number of carboxylic acid groups (broad SMARTS) is 1. The Labute approximate surface area is 161 Å². The molecule has 1 aromatic carbocycles. The molecule has 6 atom stereocenters. The average Bonchev–Trinajstić information content (AvgIpc) is 2.66. The lowest BCUT2D eigenvalue weighted by molar-refractivity contribution is -0.214. The first-order valence-corrected chi connectivity index (χ1v) is 8.63. The van der Waals surface area contributed by atoms with Crippen molar-refractivity contribution < 1.29 is 39.9 Å². The molecule has 0 unspecified atom stereocenters. The molecule has 0 bridgehead atoms. The lowest BCUT2D eigenvalue weighted by Crippen LogP contribution is -2.58. The largest absolute Gasteiger partial charge is 0.480 e. The van der Waals surface area contributed by atoms with Crippen molar-refractivity contribution in [3.63, 3.8) is 0 Å². The van der Waals surface area contributed by atoms with Gasteiger partial charge in [0.1, 0.15) is 36.6 Å². The Morgan fingerprint density at radius 3 is 2.32 bits per heavy atom. The third-order valence-electron chi connectivity index (χ3n) is 4.32. The number of carboxylic acids is 1. The maximum absolute atomic E-state index is 11.2. The molecule has 1 aromatic rings. The summed E-state index contributed by atoms with van der Waals surface area (Å²) >= 11 is 0. The van der Waals surface area contributed by atoms with Crippen LogP contribution in [0.4, 0.5) is 0 Å². The van der Waals surface area contributed by atoms with Crippen LogP contribution in [-0.4, -0.2) is 80.6 Å². The second-order valence-electron chi connectivity index (χ2n) is 6.51. The van der Waals surface area contributed by atoms with Crippen molar-refractivity contribution in [2.24, 2.45) is 0 Å². The Balaban J connectivity index is 2.06. The van der Waals surface area contributed by atoms with Gasteiger partial charge < -0.3 is 35.6 Å². The molecule has 0 spiro atoms. The lowest BCUT2D eigenvalue weighted by atomic mass is 9.95. The number of benzene rings is 1. The van der Waals surface area contributed by atoms with E-state index in [0.717, 1.165) is 0 Å². The minimum Gasteiger partial charge on any atom is -0.480 e. The number of nitrogens with one attached hydrogen (secondary N) is 1. The molecule has 0 radical (unpaired) electrons. The Morgan fingerprint density at radius 1 is 1.14 bits per heavy atom. The van der Waals surface area contributed by atoms with E-state index in [2.05, 4.69) is 17.2 Å². The smallest absolute Gasteiger partial charge is 0.326 e. The van der Waals surface area contributed by atoms with Crippen molar-refractivity contribution in [3.8, 4) is 11.8 Å². The first-order chi connectivity index (χ1) is 13.2. The molecule has 0 aliphatic carbocycles. The van der Waals surface area contributed by atoms with Crippen LogP contribution in [0.25, 0.3) is 0 Å². The highest BCUT2D eigenvalue weighted by Gasteiger charge is 2.42. The van der Waals surface area contributed by atoms with E-state index in [4.69, 9.17) is 9.84 Å². The molecule has 1 aliphatic heterocycles. The third-order valence-corrected chi connectivity index (χ3v) is 4.32. The summed E-state index contributed by atoms with van der Waals surface area (Å²) in [6, 6.07) is 5.56. The summed E-state index contributed by atoms with van der Waals surface area (Å²) in [6.45, 7) is 0.713. The second-order valence-corrected chi connectivity index (χ2v) is 6.51. The molecular weight excluding hydrogens is 370 g/mol. The predicted molar refractivity (Wildman–Crippen MR) is 96.0 cm³/mol. The van der Waals surface area contributed by atoms with Gasteiger partial charge in [-0.25, -0.2) is 4.79 Å². The van der Waals surface area contributed by atoms with Gasteiger partial charge in [-0.05, 0) is 17.7 Å². The number of ether oxygens (including phenoxy) is 1. The summed E-state index contributed by atoms with van der Waals surface area (Å²) in [5.74, 6) is 3.84. The van der Waals surface area contributed by atoms with Crippen molar-refractivity contribution >= 4 is 11.9 Å². The summed E-state index contributed by atoms with van der Waals surface area (Å²) in [7, 11) is 0. The van der Waals surface area contributed by atoms with E-state index >= 15 is 0 Å². The fourth-order valence-electron chi connectivity index (χ4n) is 2.78. The molecule has 9 heteroatoms. The molecule has 1 fully saturated rings. The van der Waals surface area contributed by atoms with Crippen molar-refractivity contribution in [3.05, 3.63) is 35.4 Å². The molecule has 152 valence electrons. The van der Waals surface area contributed by atoms with Gasteiger partial charge in [0, 0.05) is 18.9 Å². The summed E-state index contributed by atoms with van der Waals surface area (Å²) in [5.41, 5.74) is 1.23. The first kappa shape index (κ1) is 21.8. The normalized spacial score (nSPS) is 28.0. The molecule has 9 nitrogen and oxygen atoms in total. The summed E-state index contributed by atoms with van der Waals surface area (Å²) in [6.07, 6.45) is -6.38. The van der Waals surface area contributed by atoms with Gasteiger partial charge in [0.05, 0.1) is 6.61 Å². The molecule has 1 saturated heterocycles. The molecule has 0 saturated carbocycles. The standard InChI is InChI=1S/C19H23NO8/c1-10(22)20-13(19(26)27)8-12-4-2-11(3-5-12)6-7-14-16(23)18(25)17(24)15(9-21)28-14/h2-5,13-18,21,23-25H,8-9H2,1H3,(H,20,22)(H,26,27)/t13-,14-,15+,16-,17+,18+/m0/s1. The number of aliphatic hydroxyl groups is 4. The minimum atomic E-state index is -1.49. The van der Waals surface area contributed by atoms with Crippen LogP contribution >= 0.6 is 0 Å². The molecule has 2 rings (SSSR count). The number of amides is 1. The predicted octanol–water partition coefficient (Wildman–Crippen LogP) is -1.99. The molecule has 0 aromatic heterocycles. The molecular formula is C19H23NO8. The summed E-state index contributed by atoms with van der Waals surface area (Å²) in [5, 5.41) is 50.1. The van der Waals surface area contributed by atoms with Gasteiger partial charge in [-0.3, -0.25) is 4.79 Å². The number of carbonyl (C=O) groups is 2. The van der Waals surface area contributed by atoms with Crippen LogP contribution in [0.15, 0.2) is 24.3 Å². The Hall–Kier alpha value is -2.48. The number of aliphatic hydroxyl groups excluding tert-OH is 4. The highest BCUT2D eigenvalue weighted by molar-refractivity contribution is 5.82. The van der Waals surface area contributed by atoms with Gasteiger partial charge in [-0.2, -0.15) is 0 Å². The molecule has 1 amide bonds. The Bertz CT molecular complexity index is 751. The van der Waals surface area contributed by atoms with Gasteiger partial charge >= 0.3 is 5.97 Å². The topological polar surface area (TPSA) is 157 Å². The Kier molecular flexibility index (Phi) is 7.51. The zero-order chi connectivity index (χ0) is 20.8. The SMILES string of the molecule is CC(=O)N[C@@H](Cc1ccc(C#C[C@@H]2O[C@H](CO)[C@@H](O)[C@H](O)[C@H]2O)cc1)C(=O)O. The quantitative estimate of drug-likeness (QED) is 0.314. The van der Waals surface area contributed by atoms with Crippen LogP contribution in [0.1, 0.15) is 18.1 Å². The fraction of sp³-hybridized carbons (Fsp3) is 0.474. The van der Waals surface area contributed by atoms with E-state index in [9.17, 15) is 30.0 Å². The maximum atomic E-state index is 11.2. The number of aliphatic carboxylic acids is 1. The van der Waals surface area contributed by atoms with Crippen molar-refractivity contribution in [1.29, 1.82) is 0 Å². The van der Waals surface area contributed by atoms with Crippen LogP contribution in [0.2, 0.25) is 0 Å². The van der Waals surface area contributed by atoms with Crippen molar-refractivity contribution in [2.75, 3.05) is 6.61 Å². The van der Waals surface area contributed by atoms with E-state index in [1.54, 1.807) is 24.3 Å². The van der Waals surface area contributed by atoms with Crippen LogP contribution < -0.4 is 5.32 Å². The van der Waals surface area contributed by atoms with Gasteiger partial charge in [-0.1, -0.05) is 24.0 Å². The monoisotopic (exact) mass is 393 g/mol. The average molecular weight is 393 g/mol. The van der Waals surface area contributed by atoms with E-state index in [-0.39, 0.29) is 6.42 Å². The van der Waals surface area contributed by atoms with Crippen LogP contribution in [0.3, 0.4) is 0 Å². The van der Waals surface area contributed by atoms with E-state index < -0.39 is 55.0 Å². The van der Waals surface area contributed by atoms with E-state index in [1.807, 2.05) is 0 Å². The lowest BCUT2D eigenvalue weighted by Gasteiger charge is -2.37. The first-order valence-electron chi connectivity index (χ1n) is 8.63. The highest BCUT2D eigenvalue weighted by Crippen LogP contribution is 2.20. The number of hydrogen-bond acceptors (Lipinski definition) is 7. The molecule has 1 aliphatic rings. The van der Waals surface area contributed by atoms with Crippen molar-refractivity contribution in [2.45, 2.75) is 49.9 Å². The van der Waals surface area contributed by atoms with Crippen LogP contribution in [0, 0.1) is 11.8 Å². The minimum absolute atomic E-state index is 0.106. The molecule has 28 heavy (non-hydrogen) atoms. The zero-order valence-corrected chi connectivity index (χ0v) is 15.1. The van der Waals surface area contributed by atoms with Gasteiger partial charge in [0.15, 0.2) is 0 Å². The Morgan fingerprint density at radius 2 is 1.79 bits per heavy atom. The summed E-state index contributed by atoms with van der Waals surface area (Å²) < 4.78 is 5.30. The maximum Gasteiger partial charge on any atom is 0.326 e. The summed E-state index contributed by atoms with van der Waals surface area (Å²) in [4.78, 5) is 22.3. The highest BCUT2D eigenvalue weighted by atomic mass is 16.5.